The van der Waals surface area contributed by atoms with Crippen LogP contribution in [0.1, 0.15) is 12.0 Å². The molecule has 4 nitrogen and oxygen atoms in total. The predicted octanol–water partition coefficient (Wildman–Crippen LogP) is 1.22. The van der Waals surface area contributed by atoms with Crippen LogP contribution in [0.25, 0.3) is 0 Å². The van der Waals surface area contributed by atoms with E-state index in [0.29, 0.717) is 13.0 Å². The van der Waals surface area contributed by atoms with E-state index >= 15 is 0 Å². The van der Waals surface area contributed by atoms with Gasteiger partial charge in [0.2, 0.25) is 5.91 Å². The third-order valence-corrected chi connectivity index (χ3v) is 3.30. The van der Waals surface area contributed by atoms with Gasteiger partial charge >= 0.3 is 0 Å². The molecule has 2 N–H and O–H groups in total. The van der Waals surface area contributed by atoms with Crippen molar-refractivity contribution in [1.29, 1.82) is 0 Å². The lowest BCUT2D eigenvalue weighted by Gasteiger charge is -2.16. The molecule has 80 valence electrons. The fraction of sp³-hybridized carbons (Fsp3) is 0.400. The summed E-state index contributed by atoms with van der Waals surface area (Å²) in [5, 5.41) is 0. The van der Waals surface area contributed by atoms with Crippen LogP contribution < -0.4 is 10.6 Å². The molecule has 1 aliphatic heterocycles. The molecule has 0 spiro atoms. The molecular weight excluding hydrogens is 258 g/mol. The fourth-order valence-corrected chi connectivity index (χ4v) is 1.89. The van der Waals surface area contributed by atoms with Crippen LogP contribution in [0, 0.1) is 6.92 Å². The normalized spacial score (nSPS) is 21.1. The Bertz CT molecular complexity index is 408. The maximum absolute atomic E-state index is 11.6. The van der Waals surface area contributed by atoms with Crippen molar-refractivity contribution in [1.82, 2.24) is 4.98 Å². The average Bonchev–Trinajstić information content (AvgIpc) is 2.50. The molecule has 0 saturated carbocycles. The Morgan fingerprint density at radius 3 is 2.93 bits per heavy atom. The Labute approximate surface area is 96.6 Å². The highest BCUT2D eigenvalue weighted by atomic mass is 79.9. The molecule has 1 saturated heterocycles. The SMILES string of the molecule is Cc1cc(N2CC(N)CC2=O)cnc1Br. The van der Waals surface area contributed by atoms with Crippen LogP contribution in [0.15, 0.2) is 16.9 Å². The van der Waals surface area contributed by atoms with Crippen molar-refractivity contribution in [3.05, 3.63) is 22.4 Å². The van der Waals surface area contributed by atoms with Crippen molar-refractivity contribution in [2.45, 2.75) is 19.4 Å². The minimum absolute atomic E-state index is 0.0542. The van der Waals surface area contributed by atoms with Gasteiger partial charge in [-0.05, 0) is 34.5 Å². The molecule has 2 rings (SSSR count). The zero-order valence-electron chi connectivity index (χ0n) is 8.40. The molecule has 1 aromatic rings. The first-order chi connectivity index (χ1) is 7.08. The molecule has 15 heavy (non-hydrogen) atoms. The smallest absolute Gasteiger partial charge is 0.228 e. The van der Waals surface area contributed by atoms with Gasteiger partial charge in [0, 0.05) is 19.0 Å². The Kier molecular flexibility index (Phi) is 2.75. The van der Waals surface area contributed by atoms with Crippen molar-refractivity contribution < 1.29 is 4.79 Å². The van der Waals surface area contributed by atoms with Crippen molar-refractivity contribution in [3.8, 4) is 0 Å². The predicted molar refractivity (Wildman–Crippen MR) is 61.6 cm³/mol. The summed E-state index contributed by atoms with van der Waals surface area (Å²) < 4.78 is 0.808. The summed E-state index contributed by atoms with van der Waals surface area (Å²) in [6.07, 6.45) is 2.11. The van der Waals surface area contributed by atoms with E-state index in [2.05, 4.69) is 20.9 Å². The minimum Gasteiger partial charge on any atom is -0.326 e. The van der Waals surface area contributed by atoms with Crippen LogP contribution in [0.4, 0.5) is 5.69 Å². The van der Waals surface area contributed by atoms with Gasteiger partial charge in [-0.25, -0.2) is 4.98 Å². The number of rotatable bonds is 1. The van der Waals surface area contributed by atoms with Gasteiger partial charge in [0.05, 0.1) is 11.9 Å². The van der Waals surface area contributed by atoms with Gasteiger partial charge in [-0.15, -0.1) is 0 Å². The van der Waals surface area contributed by atoms with Crippen LogP contribution >= 0.6 is 15.9 Å². The summed E-state index contributed by atoms with van der Waals surface area (Å²) in [6, 6.07) is 1.88. The molecular formula is C10H12BrN3O. The van der Waals surface area contributed by atoms with E-state index in [1.165, 1.54) is 0 Å². The number of aromatic nitrogens is 1. The summed E-state index contributed by atoms with van der Waals surface area (Å²) in [6.45, 7) is 2.53. The van der Waals surface area contributed by atoms with Crippen molar-refractivity contribution in [2.24, 2.45) is 5.73 Å². The lowest BCUT2D eigenvalue weighted by molar-refractivity contribution is -0.117. The monoisotopic (exact) mass is 269 g/mol. The molecule has 1 aliphatic rings. The molecule has 0 aliphatic carbocycles. The first-order valence-electron chi connectivity index (χ1n) is 4.76. The Morgan fingerprint density at radius 2 is 2.40 bits per heavy atom. The van der Waals surface area contributed by atoms with Gasteiger partial charge in [0.1, 0.15) is 4.60 Å². The van der Waals surface area contributed by atoms with Gasteiger partial charge in [0.15, 0.2) is 0 Å². The van der Waals surface area contributed by atoms with E-state index in [0.717, 1.165) is 15.9 Å². The van der Waals surface area contributed by atoms with Crippen LogP contribution in [0.5, 0.6) is 0 Å². The number of hydrogen-bond donors (Lipinski definition) is 1. The number of aryl methyl sites for hydroxylation is 1. The molecule has 5 heteroatoms. The minimum atomic E-state index is -0.0542. The van der Waals surface area contributed by atoms with Crippen molar-refractivity contribution in [3.63, 3.8) is 0 Å². The molecule has 0 bridgehead atoms. The van der Waals surface area contributed by atoms with Crippen molar-refractivity contribution in [2.75, 3.05) is 11.4 Å². The first-order valence-corrected chi connectivity index (χ1v) is 5.55. The third-order valence-electron chi connectivity index (χ3n) is 2.47. The molecule has 0 radical (unpaired) electrons. The standard InChI is InChI=1S/C10H12BrN3O/c1-6-2-8(4-13-10(6)11)14-5-7(12)3-9(14)15/h2,4,7H,3,5,12H2,1H3. The summed E-state index contributed by atoms with van der Waals surface area (Å²) in [5.41, 5.74) is 7.57. The fourth-order valence-electron chi connectivity index (χ4n) is 1.68. The topological polar surface area (TPSA) is 59.2 Å². The second-order valence-corrected chi connectivity index (χ2v) is 4.52. The maximum Gasteiger partial charge on any atom is 0.228 e. The molecule has 0 aromatic carbocycles. The number of halogens is 1. The van der Waals surface area contributed by atoms with Gasteiger partial charge < -0.3 is 10.6 Å². The third kappa shape index (κ3) is 2.03. The summed E-state index contributed by atoms with van der Waals surface area (Å²) in [7, 11) is 0. The van der Waals surface area contributed by atoms with Crippen molar-refractivity contribution >= 4 is 27.5 Å². The zero-order chi connectivity index (χ0) is 11.0. The maximum atomic E-state index is 11.6. The Morgan fingerprint density at radius 1 is 1.67 bits per heavy atom. The van der Waals surface area contributed by atoms with E-state index in [9.17, 15) is 4.79 Å². The molecule has 1 aromatic heterocycles. The first kappa shape index (κ1) is 10.6. The molecule has 2 heterocycles. The van der Waals surface area contributed by atoms with E-state index in [1.807, 2.05) is 13.0 Å². The molecule has 1 unspecified atom stereocenters. The number of carbonyl (C=O) groups excluding carboxylic acids is 1. The van der Waals surface area contributed by atoms with E-state index in [1.54, 1.807) is 11.1 Å². The van der Waals surface area contributed by atoms with Crippen LogP contribution in [-0.4, -0.2) is 23.5 Å². The number of nitrogens with two attached hydrogens (primary N) is 1. The van der Waals surface area contributed by atoms with E-state index < -0.39 is 0 Å². The van der Waals surface area contributed by atoms with Gasteiger partial charge in [-0.1, -0.05) is 0 Å². The van der Waals surface area contributed by atoms with Gasteiger partial charge in [-0.2, -0.15) is 0 Å². The summed E-state index contributed by atoms with van der Waals surface area (Å²) in [4.78, 5) is 17.4. The second-order valence-electron chi connectivity index (χ2n) is 3.77. The van der Waals surface area contributed by atoms with E-state index in [4.69, 9.17) is 5.73 Å². The average molecular weight is 270 g/mol. The van der Waals surface area contributed by atoms with E-state index in [-0.39, 0.29) is 11.9 Å². The Hall–Kier alpha value is -0.940. The van der Waals surface area contributed by atoms with Gasteiger partial charge in [-0.3, -0.25) is 4.79 Å². The molecule has 1 amide bonds. The Balaban J connectivity index is 2.30. The highest BCUT2D eigenvalue weighted by Gasteiger charge is 2.28. The van der Waals surface area contributed by atoms with Crippen LogP contribution in [-0.2, 0) is 4.79 Å². The second kappa shape index (κ2) is 3.90. The lowest BCUT2D eigenvalue weighted by atomic mass is 10.3. The summed E-state index contributed by atoms with van der Waals surface area (Å²) in [5.74, 6) is 0.0750. The highest BCUT2D eigenvalue weighted by molar-refractivity contribution is 9.10. The van der Waals surface area contributed by atoms with Gasteiger partial charge in [0.25, 0.3) is 0 Å². The number of pyridine rings is 1. The quantitative estimate of drug-likeness (QED) is 0.780. The number of hydrogen-bond acceptors (Lipinski definition) is 3. The lowest BCUT2D eigenvalue weighted by Crippen LogP contribution is -2.28. The largest absolute Gasteiger partial charge is 0.326 e. The molecule has 1 atom stereocenters. The number of nitrogens with zero attached hydrogens (tertiary/aromatic N) is 2. The number of anilines is 1. The zero-order valence-corrected chi connectivity index (χ0v) is 9.99. The highest BCUT2D eigenvalue weighted by Crippen LogP contribution is 2.23. The van der Waals surface area contributed by atoms with Crippen LogP contribution in [0.2, 0.25) is 0 Å². The molecule has 1 fully saturated rings. The number of amides is 1. The number of carbonyl (C=O) groups is 1. The summed E-state index contributed by atoms with van der Waals surface area (Å²) >= 11 is 3.33. The van der Waals surface area contributed by atoms with Crippen LogP contribution in [0.3, 0.4) is 0 Å².